The third kappa shape index (κ3) is 2.13. The van der Waals surface area contributed by atoms with Crippen molar-refractivity contribution in [1.82, 2.24) is 15.1 Å². The number of rotatable bonds is 1. The number of aromatic amines is 1. The molecule has 5 nitrogen and oxygen atoms in total. The number of aryl methyl sites for hydroxylation is 1. The molecule has 94 valence electrons. The molecule has 2 atom stereocenters. The van der Waals surface area contributed by atoms with Gasteiger partial charge in [-0.3, -0.25) is 9.89 Å². The summed E-state index contributed by atoms with van der Waals surface area (Å²) in [6.07, 6.45) is 0. The molecule has 0 aliphatic carbocycles. The molecule has 0 radical (unpaired) electrons. The van der Waals surface area contributed by atoms with Crippen LogP contribution in [0, 0.1) is 6.92 Å². The lowest BCUT2D eigenvalue weighted by atomic mass is 10.2. The molecule has 2 rings (SSSR count). The second kappa shape index (κ2) is 4.60. The molecule has 17 heavy (non-hydrogen) atoms. The van der Waals surface area contributed by atoms with E-state index in [1.165, 1.54) is 0 Å². The molecule has 1 saturated heterocycles. The van der Waals surface area contributed by atoms with Crippen LogP contribution in [0.4, 0.5) is 5.69 Å². The Balaban J connectivity index is 2.22. The van der Waals surface area contributed by atoms with Crippen molar-refractivity contribution in [3.05, 3.63) is 11.4 Å². The van der Waals surface area contributed by atoms with E-state index in [-0.39, 0.29) is 11.9 Å². The largest absolute Gasteiger partial charge is 0.395 e. The topological polar surface area (TPSA) is 75.0 Å². The van der Waals surface area contributed by atoms with Crippen LogP contribution in [0.5, 0.6) is 0 Å². The van der Waals surface area contributed by atoms with Crippen molar-refractivity contribution in [3.63, 3.8) is 0 Å². The summed E-state index contributed by atoms with van der Waals surface area (Å²) in [6, 6.07) is 0.220. The lowest BCUT2D eigenvalue weighted by Gasteiger charge is -2.37. The number of carbonyl (C=O) groups excluding carboxylic acids is 1. The average molecular weight is 254 g/mol. The number of thioether (sulfide) groups is 1. The minimum absolute atomic E-state index is 0.0634. The highest BCUT2D eigenvalue weighted by Gasteiger charge is 2.31. The van der Waals surface area contributed by atoms with Crippen LogP contribution in [0.25, 0.3) is 0 Å². The van der Waals surface area contributed by atoms with Crippen molar-refractivity contribution in [2.75, 3.05) is 18.0 Å². The molecule has 0 saturated carbocycles. The fraction of sp³-hybridized carbons (Fsp3) is 0.636. The number of nitrogens with two attached hydrogens (primary N) is 1. The summed E-state index contributed by atoms with van der Waals surface area (Å²) in [7, 11) is 0. The third-order valence-electron chi connectivity index (χ3n) is 3.34. The van der Waals surface area contributed by atoms with Gasteiger partial charge in [-0.1, -0.05) is 6.92 Å². The number of anilines is 1. The summed E-state index contributed by atoms with van der Waals surface area (Å²) >= 11 is 1.90. The van der Waals surface area contributed by atoms with Gasteiger partial charge in [-0.2, -0.15) is 16.9 Å². The number of nitrogen functional groups attached to an aromatic ring is 1. The molecular formula is C11H18N4OS. The molecule has 1 aromatic heterocycles. The molecule has 3 N–H and O–H groups in total. The Morgan fingerprint density at radius 3 is 2.88 bits per heavy atom. The van der Waals surface area contributed by atoms with E-state index in [1.54, 1.807) is 0 Å². The molecule has 1 aliphatic rings. The first-order valence-corrected chi connectivity index (χ1v) is 6.80. The molecule has 1 fully saturated rings. The van der Waals surface area contributed by atoms with Gasteiger partial charge < -0.3 is 10.6 Å². The van der Waals surface area contributed by atoms with Crippen LogP contribution in [0.3, 0.4) is 0 Å². The van der Waals surface area contributed by atoms with Gasteiger partial charge in [-0.05, 0) is 13.8 Å². The van der Waals surface area contributed by atoms with E-state index in [1.807, 2.05) is 23.6 Å². The van der Waals surface area contributed by atoms with Gasteiger partial charge in [0, 0.05) is 23.6 Å². The lowest BCUT2D eigenvalue weighted by Crippen LogP contribution is -2.48. The van der Waals surface area contributed by atoms with Crippen LogP contribution in [-0.4, -0.2) is 44.6 Å². The molecule has 2 unspecified atom stereocenters. The highest BCUT2D eigenvalue weighted by atomic mass is 32.2. The van der Waals surface area contributed by atoms with Crippen molar-refractivity contribution in [3.8, 4) is 0 Å². The second-order valence-electron chi connectivity index (χ2n) is 4.43. The Morgan fingerprint density at radius 2 is 2.29 bits per heavy atom. The molecule has 1 aliphatic heterocycles. The summed E-state index contributed by atoms with van der Waals surface area (Å²) in [6.45, 7) is 6.80. The standard InChI is InChI=1S/C11H18N4OS/c1-6-9(12)10(14-13-6)11(16)15-4-5-17-8(3)7(15)2/h7-8H,4-5,12H2,1-3H3,(H,13,14). The van der Waals surface area contributed by atoms with Crippen molar-refractivity contribution < 1.29 is 4.79 Å². The molecule has 0 bridgehead atoms. The zero-order chi connectivity index (χ0) is 12.6. The van der Waals surface area contributed by atoms with Crippen LogP contribution < -0.4 is 5.73 Å². The quantitative estimate of drug-likeness (QED) is 0.791. The van der Waals surface area contributed by atoms with Gasteiger partial charge >= 0.3 is 0 Å². The number of aromatic nitrogens is 2. The fourth-order valence-electron chi connectivity index (χ4n) is 1.96. The smallest absolute Gasteiger partial charge is 0.276 e. The zero-order valence-corrected chi connectivity index (χ0v) is 11.2. The van der Waals surface area contributed by atoms with Crippen LogP contribution >= 0.6 is 11.8 Å². The van der Waals surface area contributed by atoms with Gasteiger partial charge in [0.2, 0.25) is 0 Å². The Labute approximate surface area is 105 Å². The second-order valence-corrected chi connectivity index (χ2v) is 5.91. The van der Waals surface area contributed by atoms with Crippen LogP contribution in [0.15, 0.2) is 0 Å². The molecule has 1 aromatic rings. The first-order valence-electron chi connectivity index (χ1n) is 5.75. The lowest BCUT2D eigenvalue weighted by molar-refractivity contribution is 0.0693. The van der Waals surface area contributed by atoms with Crippen molar-refractivity contribution >= 4 is 23.4 Å². The molecule has 0 spiro atoms. The Morgan fingerprint density at radius 1 is 1.59 bits per heavy atom. The van der Waals surface area contributed by atoms with Gasteiger partial charge in [0.25, 0.3) is 5.91 Å². The molecule has 6 heteroatoms. The van der Waals surface area contributed by atoms with Gasteiger partial charge in [0.1, 0.15) is 0 Å². The van der Waals surface area contributed by atoms with Gasteiger partial charge in [-0.25, -0.2) is 0 Å². The summed E-state index contributed by atoms with van der Waals surface area (Å²) < 4.78 is 0. The summed E-state index contributed by atoms with van der Waals surface area (Å²) in [5, 5.41) is 7.21. The predicted molar refractivity (Wildman–Crippen MR) is 70.2 cm³/mol. The number of hydrogen-bond donors (Lipinski definition) is 2. The predicted octanol–water partition coefficient (Wildman–Crippen LogP) is 1.27. The van der Waals surface area contributed by atoms with Gasteiger partial charge in [-0.15, -0.1) is 0 Å². The van der Waals surface area contributed by atoms with E-state index in [4.69, 9.17) is 5.73 Å². The van der Waals surface area contributed by atoms with E-state index >= 15 is 0 Å². The van der Waals surface area contributed by atoms with Crippen LogP contribution in [0.1, 0.15) is 30.0 Å². The van der Waals surface area contributed by atoms with Crippen molar-refractivity contribution in [2.45, 2.75) is 32.1 Å². The van der Waals surface area contributed by atoms with Gasteiger partial charge in [0.05, 0.1) is 11.4 Å². The summed E-state index contributed by atoms with van der Waals surface area (Å²) in [5.41, 5.74) is 7.42. The number of hydrogen-bond acceptors (Lipinski definition) is 4. The molecule has 2 heterocycles. The number of carbonyl (C=O) groups is 1. The highest BCUT2D eigenvalue weighted by Crippen LogP contribution is 2.26. The third-order valence-corrected chi connectivity index (χ3v) is 4.68. The van der Waals surface area contributed by atoms with Crippen LogP contribution in [0.2, 0.25) is 0 Å². The molecular weight excluding hydrogens is 236 g/mol. The first kappa shape index (κ1) is 12.3. The number of nitrogens with one attached hydrogen (secondary N) is 1. The monoisotopic (exact) mass is 254 g/mol. The van der Waals surface area contributed by atoms with E-state index < -0.39 is 0 Å². The van der Waals surface area contributed by atoms with E-state index in [9.17, 15) is 4.79 Å². The maximum Gasteiger partial charge on any atom is 0.276 e. The van der Waals surface area contributed by atoms with E-state index in [0.29, 0.717) is 16.6 Å². The normalized spacial score (nSPS) is 25.0. The average Bonchev–Trinajstić information content (AvgIpc) is 2.63. The maximum absolute atomic E-state index is 12.3. The Bertz CT molecular complexity index is 431. The van der Waals surface area contributed by atoms with E-state index in [2.05, 4.69) is 24.0 Å². The van der Waals surface area contributed by atoms with Gasteiger partial charge in [0.15, 0.2) is 5.69 Å². The fourth-order valence-corrected chi connectivity index (χ4v) is 3.06. The molecule has 0 aromatic carbocycles. The van der Waals surface area contributed by atoms with Crippen molar-refractivity contribution in [1.29, 1.82) is 0 Å². The minimum atomic E-state index is -0.0634. The molecule has 1 amide bonds. The first-order chi connectivity index (χ1) is 8.02. The number of nitrogens with zero attached hydrogens (tertiary/aromatic N) is 2. The number of amides is 1. The SMILES string of the molecule is Cc1[nH]nc(C(=O)N2CCSC(C)C2C)c1N. The van der Waals surface area contributed by atoms with E-state index in [0.717, 1.165) is 18.0 Å². The number of H-pyrrole nitrogens is 1. The van der Waals surface area contributed by atoms with Crippen LogP contribution in [-0.2, 0) is 0 Å². The minimum Gasteiger partial charge on any atom is -0.395 e. The Hall–Kier alpha value is -1.17. The Kier molecular flexibility index (Phi) is 3.33. The summed E-state index contributed by atoms with van der Waals surface area (Å²) in [5.74, 6) is 0.909. The van der Waals surface area contributed by atoms with Crippen molar-refractivity contribution in [2.24, 2.45) is 0 Å². The zero-order valence-electron chi connectivity index (χ0n) is 10.4. The highest BCUT2D eigenvalue weighted by molar-refractivity contribution is 8.00. The maximum atomic E-state index is 12.3. The summed E-state index contributed by atoms with van der Waals surface area (Å²) in [4.78, 5) is 14.2.